The molecule has 0 saturated carbocycles. The monoisotopic (exact) mass is 506 g/mol. The third-order valence-electron chi connectivity index (χ3n) is 4.82. The highest BCUT2D eigenvalue weighted by atomic mass is 35.5. The number of ether oxygens (including phenoxy) is 2. The molecule has 0 spiro atoms. The maximum absolute atomic E-state index is 13.3. The first-order valence-electron chi connectivity index (χ1n) is 10.1. The zero-order chi connectivity index (χ0) is 24.9. The summed E-state index contributed by atoms with van der Waals surface area (Å²) in [6.07, 6.45) is 2.65. The minimum atomic E-state index is -0.728. The lowest BCUT2D eigenvalue weighted by molar-refractivity contribution is -0.112. The SMILES string of the molecule is COc1cccc(NC(=O)/C(C#N)=C\c2c(Oc3ccc(Cl)cc3Cl)nc3ccccn3c2=O)c1. The van der Waals surface area contributed by atoms with Crippen molar-refractivity contribution >= 4 is 46.5 Å². The van der Waals surface area contributed by atoms with Crippen LogP contribution in [0.25, 0.3) is 11.7 Å². The molecule has 8 nitrogen and oxygen atoms in total. The quantitative estimate of drug-likeness (QED) is 0.279. The molecule has 2 heterocycles. The van der Waals surface area contributed by atoms with E-state index in [4.69, 9.17) is 32.7 Å². The summed E-state index contributed by atoms with van der Waals surface area (Å²) in [7, 11) is 1.50. The summed E-state index contributed by atoms with van der Waals surface area (Å²) >= 11 is 12.2. The number of fused-ring (bicyclic) bond motifs is 1. The van der Waals surface area contributed by atoms with E-state index in [-0.39, 0.29) is 27.8 Å². The average molecular weight is 507 g/mol. The number of halogens is 2. The van der Waals surface area contributed by atoms with Crippen LogP contribution in [0.1, 0.15) is 5.56 Å². The Hall–Kier alpha value is -4.32. The number of aromatic nitrogens is 2. The average Bonchev–Trinajstić information content (AvgIpc) is 2.85. The van der Waals surface area contributed by atoms with Gasteiger partial charge in [-0.05, 0) is 48.5 Å². The van der Waals surface area contributed by atoms with Crippen molar-refractivity contribution in [1.82, 2.24) is 9.38 Å². The zero-order valence-electron chi connectivity index (χ0n) is 18.2. The number of anilines is 1. The highest BCUT2D eigenvalue weighted by molar-refractivity contribution is 6.35. The standard InChI is InChI=1S/C25H16Cl2N4O4/c1-34-18-6-4-5-17(13-18)29-23(32)15(14-28)11-19-24(35-21-9-8-16(26)12-20(21)27)30-22-7-2-3-10-31(22)25(19)33/h2-13H,1H3,(H,29,32)/b15-11-. The number of hydrogen-bond acceptors (Lipinski definition) is 6. The topological polar surface area (TPSA) is 106 Å². The second-order valence-corrected chi connectivity index (χ2v) is 7.94. The number of nitrogens with one attached hydrogen (secondary N) is 1. The van der Waals surface area contributed by atoms with Gasteiger partial charge in [0.15, 0.2) is 0 Å². The van der Waals surface area contributed by atoms with Crippen LogP contribution in [0.3, 0.4) is 0 Å². The van der Waals surface area contributed by atoms with Gasteiger partial charge in [-0.2, -0.15) is 10.2 Å². The van der Waals surface area contributed by atoms with Gasteiger partial charge in [0.1, 0.15) is 34.4 Å². The maximum atomic E-state index is 13.3. The second kappa shape index (κ2) is 10.3. The van der Waals surface area contributed by atoms with Crippen LogP contribution < -0.4 is 20.3 Å². The fraction of sp³-hybridized carbons (Fsp3) is 0.0400. The van der Waals surface area contributed by atoms with Crippen LogP contribution in [-0.2, 0) is 4.79 Å². The van der Waals surface area contributed by atoms with Gasteiger partial charge in [-0.15, -0.1) is 0 Å². The fourth-order valence-electron chi connectivity index (χ4n) is 3.14. The number of benzene rings is 2. The number of amides is 1. The molecular formula is C25H16Cl2N4O4. The third kappa shape index (κ3) is 5.27. The Morgan fingerprint density at radius 2 is 1.97 bits per heavy atom. The summed E-state index contributed by atoms with van der Waals surface area (Å²) in [5.74, 6) is -0.142. The Bertz CT molecular complexity index is 1570. The van der Waals surface area contributed by atoms with Gasteiger partial charge in [0.25, 0.3) is 11.5 Å². The Labute approximate surface area is 209 Å². The number of nitriles is 1. The van der Waals surface area contributed by atoms with Gasteiger partial charge in [-0.3, -0.25) is 14.0 Å². The molecule has 0 atom stereocenters. The lowest BCUT2D eigenvalue weighted by Gasteiger charge is -2.11. The number of carbonyl (C=O) groups excluding carboxylic acids is 1. The predicted molar refractivity (Wildman–Crippen MR) is 133 cm³/mol. The van der Waals surface area contributed by atoms with Crippen molar-refractivity contribution in [3.8, 4) is 23.4 Å². The molecule has 0 saturated heterocycles. The highest BCUT2D eigenvalue weighted by Gasteiger charge is 2.18. The van der Waals surface area contributed by atoms with Crippen molar-refractivity contribution < 1.29 is 14.3 Å². The van der Waals surface area contributed by atoms with Gasteiger partial charge in [-0.25, -0.2) is 0 Å². The van der Waals surface area contributed by atoms with Gasteiger partial charge >= 0.3 is 0 Å². The molecule has 2 aromatic carbocycles. The van der Waals surface area contributed by atoms with Gasteiger partial charge in [0, 0.05) is 23.0 Å². The molecule has 2 aromatic heterocycles. The number of hydrogen-bond donors (Lipinski definition) is 1. The molecule has 0 aliphatic rings. The summed E-state index contributed by atoms with van der Waals surface area (Å²) in [6, 6.07) is 18.0. The zero-order valence-corrected chi connectivity index (χ0v) is 19.7. The van der Waals surface area contributed by atoms with Crippen LogP contribution in [0, 0.1) is 11.3 Å². The Balaban J connectivity index is 1.80. The summed E-state index contributed by atoms with van der Waals surface area (Å²) in [6.45, 7) is 0. The van der Waals surface area contributed by atoms with Crippen LogP contribution in [0.4, 0.5) is 5.69 Å². The van der Waals surface area contributed by atoms with Gasteiger partial charge in [-0.1, -0.05) is 35.3 Å². The van der Waals surface area contributed by atoms with Gasteiger partial charge in [0.05, 0.1) is 12.1 Å². The molecule has 10 heteroatoms. The Morgan fingerprint density at radius 1 is 1.14 bits per heavy atom. The van der Waals surface area contributed by atoms with Crippen LogP contribution in [-0.4, -0.2) is 22.4 Å². The number of methoxy groups -OCH3 is 1. The van der Waals surface area contributed by atoms with Crippen molar-refractivity contribution in [3.63, 3.8) is 0 Å². The molecule has 1 N–H and O–H groups in total. The molecule has 0 unspecified atom stereocenters. The van der Waals surface area contributed by atoms with Crippen molar-refractivity contribution in [2.45, 2.75) is 0 Å². The number of rotatable bonds is 6. The molecule has 174 valence electrons. The minimum Gasteiger partial charge on any atom is -0.497 e. The van der Waals surface area contributed by atoms with Crippen molar-refractivity contribution in [2.24, 2.45) is 0 Å². The Kier molecular flexibility index (Phi) is 7.01. The fourth-order valence-corrected chi connectivity index (χ4v) is 3.59. The largest absolute Gasteiger partial charge is 0.497 e. The van der Waals surface area contributed by atoms with E-state index in [1.807, 2.05) is 6.07 Å². The first-order valence-corrected chi connectivity index (χ1v) is 10.9. The summed E-state index contributed by atoms with van der Waals surface area (Å²) in [5, 5.41) is 12.9. The second-order valence-electron chi connectivity index (χ2n) is 7.10. The molecule has 1 amide bonds. The molecular weight excluding hydrogens is 491 g/mol. The normalized spacial score (nSPS) is 11.1. The smallest absolute Gasteiger partial charge is 0.269 e. The van der Waals surface area contributed by atoms with E-state index in [1.54, 1.807) is 48.5 Å². The summed E-state index contributed by atoms with van der Waals surface area (Å²) < 4.78 is 12.3. The molecule has 4 aromatic rings. The van der Waals surface area contributed by atoms with E-state index in [9.17, 15) is 14.9 Å². The van der Waals surface area contributed by atoms with Gasteiger partial charge in [0.2, 0.25) is 5.88 Å². The van der Waals surface area contributed by atoms with Crippen LogP contribution >= 0.6 is 23.2 Å². The highest BCUT2D eigenvalue weighted by Crippen LogP contribution is 2.32. The molecule has 0 aliphatic heterocycles. The summed E-state index contributed by atoms with van der Waals surface area (Å²) in [4.78, 5) is 30.5. The van der Waals surface area contributed by atoms with Crippen molar-refractivity contribution in [2.75, 3.05) is 12.4 Å². The lowest BCUT2D eigenvalue weighted by atomic mass is 10.1. The molecule has 0 aliphatic carbocycles. The molecule has 4 rings (SSSR count). The van der Waals surface area contributed by atoms with Crippen molar-refractivity contribution in [1.29, 1.82) is 5.26 Å². The van der Waals surface area contributed by atoms with E-state index in [0.717, 1.165) is 6.08 Å². The summed E-state index contributed by atoms with van der Waals surface area (Å²) in [5.41, 5.74) is -0.285. The van der Waals surface area contributed by atoms with Crippen LogP contribution in [0.15, 0.2) is 77.2 Å². The van der Waals surface area contributed by atoms with Crippen molar-refractivity contribution in [3.05, 3.63) is 98.4 Å². The molecule has 0 radical (unpaired) electrons. The van der Waals surface area contributed by atoms with E-state index in [0.29, 0.717) is 22.1 Å². The minimum absolute atomic E-state index is 0.114. The lowest BCUT2D eigenvalue weighted by Crippen LogP contribution is -2.20. The van der Waals surface area contributed by atoms with Crippen LogP contribution in [0.2, 0.25) is 10.0 Å². The van der Waals surface area contributed by atoms with E-state index in [1.165, 1.54) is 29.8 Å². The molecule has 0 fully saturated rings. The molecule has 0 bridgehead atoms. The maximum Gasteiger partial charge on any atom is 0.269 e. The number of nitrogens with zero attached hydrogens (tertiary/aromatic N) is 3. The first-order chi connectivity index (χ1) is 16.9. The number of pyridine rings is 1. The van der Waals surface area contributed by atoms with Crippen LogP contribution in [0.5, 0.6) is 17.4 Å². The predicted octanol–water partition coefficient (Wildman–Crippen LogP) is 5.35. The first kappa shape index (κ1) is 23.8. The van der Waals surface area contributed by atoms with E-state index >= 15 is 0 Å². The van der Waals surface area contributed by atoms with E-state index < -0.39 is 11.5 Å². The third-order valence-corrected chi connectivity index (χ3v) is 5.35. The number of carbonyl (C=O) groups is 1. The van der Waals surface area contributed by atoms with Gasteiger partial charge < -0.3 is 14.8 Å². The molecule has 35 heavy (non-hydrogen) atoms. The Morgan fingerprint density at radius 3 is 2.71 bits per heavy atom. The van der Waals surface area contributed by atoms with E-state index in [2.05, 4.69) is 10.3 Å².